The van der Waals surface area contributed by atoms with Crippen molar-refractivity contribution in [2.45, 2.75) is 19.8 Å². The number of carbonyl (C=O) groups is 1. The summed E-state index contributed by atoms with van der Waals surface area (Å²) in [6.07, 6.45) is 1.45. The van der Waals surface area contributed by atoms with Gasteiger partial charge in [-0.15, -0.1) is 0 Å². The van der Waals surface area contributed by atoms with Crippen molar-refractivity contribution in [2.24, 2.45) is 0 Å². The molecule has 0 bridgehead atoms. The minimum atomic E-state index is -0.601. The molecule has 0 aliphatic carbocycles. The molecule has 0 aliphatic rings. The van der Waals surface area contributed by atoms with Gasteiger partial charge in [-0.2, -0.15) is 0 Å². The maximum Gasteiger partial charge on any atom is 0.347 e. The van der Waals surface area contributed by atoms with E-state index in [4.69, 9.17) is 9.15 Å². The molecular weight excluding hydrogens is 328 g/mol. The molecule has 2 aromatic carbocycles. The van der Waals surface area contributed by atoms with Crippen LogP contribution in [0.1, 0.15) is 34.8 Å². The second-order valence-corrected chi connectivity index (χ2v) is 5.97. The van der Waals surface area contributed by atoms with E-state index in [1.807, 2.05) is 37.3 Å². The first kappa shape index (κ1) is 17.7. The van der Waals surface area contributed by atoms with E-state index in [0.717, 1.165) is 12.0 Å². The molecule has 0 atom stereocenters. The van der Waals surface area contributed by atoms with Crippen molar-refractivity contribution in [3.8, 4) is 17.1 Å². The van der Waals surface area contributed by atoms with Crippen LogP contribution in [0.25, 0.3) is 11.3 Å². The first-order chi connectivity index (χ1) is 12.6. The molecule has 26 heavy (non-hydrogen) atoms. The highest BCUT2D eigenvalue weighted by Gasteiger charge is 2.20. The summed E-state index contributed by atoms with van der Waals surface area (Å²) in [5, 5.41) is 0. The normalized spacial score (nSPS) is 10.5. The van der Waals surface area contributed by atoms with Gasteiger partial charge in [0.25, 0.3) is 0 Å². The lowest BCUT2D eigenvalue weighted by atomic mass is 9.96. The van der Waals surface area contributed by atoms with E-state index in [9.17, 15) is 9.59 Å². The van der Waals surface area contributed by atoms with E-state index in [1.165, 1.54) is 0 Å². The highest BCUT2D eigenvalue weighted by atomic mass is 16.5. The number of ketones is 1. The summed E-state index contributed by atoms with van der Waals surface area (Å²) >= 11 is 0. The van der Waals surface area contributed by atoms with E-state index in [-0.39, 0.29) is 11.3 Å². The van der Waals surface area contributed by atoms with Crippen LogP contribution in [0.4, 0.5) is 0 Å². The van der Waals surface area contributed by atoms with Crippen LogP contribution in [-0.2, 0) is 6.42 Å². The molecule has 3 aromatic rings. The predicted molar refractivity (Wildman–Crippen MR) is 101 cm³/mol. The summed E-state index contributed by atoms with van der Waals surface area (Å²) in [5.74, 6) is 0.802. The predicted octanol–water partition coefficient (Wildman–Crippen LogP) is 4.50. The van der Waals surface area contributed by atoms with Gasteiger partial charge in [0.15, 0.2) is 0 Å². The van der Waals surface area contributed by atoms with Gasteiger partial charge in [0.2, 0.25) is 5.78 Å². The Morgan fingerprint density at radius 1 is 1.04 bits per heavy atom. The Balaban J connectivity index is 2.08. The average molecular weight is 348 g/mol. The van der Waals surface area contributed by atoms with Crippen molar-refractivity contribution in [1.82, 2.24) is 0 Å². The first-order valence-corrected chi connectivity index (χ1v) is 8.55. The standard InChI is InChI=1S/C22H20O4/c1-3-7-17-14-19(15-8-5-4-6-9-15)26-22(24)20(17)21(23)16-10-12-18(25-2)13-11-16/h4-6,8-14H,3,7H2,1-2H3. The Morgan fingerprint density at radius 3 is 2.35 bits per heavy atom. The lowest BCUT2D eigenvalue weighted by molar-refractivity contribution is 0.103. The van der Waals surface area contributed by atoms with Crippen LogP contribution >= 0.6 is 0 Å². The van der Waals surface area contributed by atoms with Gasteiger partial charge in [-0.25, -0.2) is 4.79 Å². The molecule has 0 amide bonds. The van der Waals surface area contributed by atoms with Crippen LogP contribution in [0.2, 0.25) is 0 Å². The summed E-state index contributed by atoms with van der Waals surface area (Å²) < 4.78 is 10.6. The van der Waals surface area contributed by atoms with Gasteiger partial charge >= 0.3 is 5.63 Å². The zero-order valence-corrected chi connectivity index (χ0v) is 14.8. The molecule has 132 valence electrons. The third kappa shape index (κ3) is 3.59. The fourth-order valence-electron chi connectivity index (χ4n) is 2.88. The molecule has 4 nitrogen and oxygen atoms in total. The molecule has 0 radical (unpaired) electrons. The zero-order valence-electron chi connectivity index (χ0n) is 14.8. The van der Waals surface area contributed by atoms with Crippen LogP contribution in [0.15, 0.2) is 69.9 Å². The quantitative estimate of drug-likeness (QED) is 0.616. The largest absolute Gasteiger partial charge is 0.497 e. The molecule has 3 rings (SSSR count). The van der Waals surface area contributed by atoms with Crippen molar-refractivity contribution in [3.63, 3.8) is 0 Å². The minimum Gasteiger partial charge on any atom is -0.497 e. The molecule has 0 saturated carbocycles. The third-order valence-corrected chi connectivity index (χ3v) is 4.19. The fraction of sp³-hybridized carbons (Fsp3) is 0.182. The van der Waals surface area contributed by atoms with Crippen molar-refractivity contribution in [2.75, 3.05) is 7.11 Å². The molecule has 0 unspecified atom stereocenters. The number of rotatable bonds is 6. The number of aryl methyl sites for hydroxylation is 1. The zero-order chi connectivity index (χ0) is 18.5. The molecule has 1 aromatic heterocycles. The van der Waals surface area contributed by atoms with Crippen LogP contribution in [0.5, 0.6) is 5.75 Å². The number of hydrogen-bond acceptors (Lipinski definition) is 4. The Labute approximate surface area is 152 Å². The topological polar surface area (TPSA) is 56.5 Å². The number of benzene rings is 2. The van der Waals surface area contributed by atoms with Crippen LogP contribution in [0, 0.1) is 0 Å². The fourth-order valence-corrected chi connectivity index (χ4v) is 2.88. The Bertz CT molecular complexity index is 954. The summed E-state index contributed by atoms with van der Waals surface area (Å²) in [4.78, 5) is 25.5. The highest BCUT2D eigenvalue weighted by molar-refractivity contribution is 6.09. The molecular formula is C22H20O4. The van der Waals surface area contributed by atoms with Crippen molar-refractivity contribution < 1.29 is 13.9 Å². The van der Waals surface area contributed by atoms with E-state index in [1.54, 1.807) is 37.4 Å². The molecule has 0 aliphatic heterocycles. The summed E-state index contributed by atoms with van der Waals surface area (Å²) in [7, 11) is 1.56. The Hall–Kier alpha value is -3.14. The summed E-state index contributed by atoms with van der Waals surface area (Å²) in [6.45, 7) is 2.01. The number of carbonyl (C=O) groups excluding carboxylic acids is 1. The SMILES string of the molecule is CCCc1cc(-c2ccccc2)oc(=O)c1C(=O)c1ccc(OC)cc1. The number of ether oxygens (including phenoxy) is 1. The van der Waals surface area contributed by atoms with E-state index < -0.39 is 5.63 Å². The maximum atomic E-state index is 12.9. The summed E-state index contributed by atoms with van der Waals surface area (Å²) in [6, 6.07) is 17.9. The molecule has 0 saturated heterocycles. The van der Waals surface area contributed by atoms with Gasteiger partial charge in [-0.1, -0.05) is 43.7 Å². The van der Waals surface area contributed by atoms with Gasteiger partial charge in [0.1, 0.15) is 17.1 Å². The summed E-state index contributed by atoms with van der Waals surface area (Å²) in [5.41, 5.74) is 1.46. The van der Waals surface area contributed by atoms with Crippen molar-refractivity contribution in [1.29, 1.82) is 0 Å². The third-order valence-electron chi connectivity index (χ3n) is 4.19. The van der Waals surface area contributed by atoms with Crippen LogP contribution in [-0.4, -0.2) is 12.9 Å². The van der Waals surface area contributed by atoms with E-state index in [2.05, 4.69) is 0 Å². The van der Waals surface area contributed by atoms with Crippen LogP contribution in [0.3, 0.4) is 0 Å². The average Bonchev–Trinajstić information content (AvgIpc) is 2.68. The van der Waals surface area contributed by atoms with Crippen LogP contribution < -0.4 is 10.4 Å². The second-order valence-electron chi connectivity index (χ2n) is 5.97. The number of hydrogen-bond donors (Lipinski definition) is 0. The maximum absolute atomic E-state index is 12.9. The minimum absolute atomic E-state index is 0.108. The van der Waals surface area contributed by atoms with E-state index >= 15 is 0 Å². The van der Waals surface area contributed by atoms with Gasteiger partial charge in [0.05, 0.1) is 7.11 Å². The first-order valence-electron chi connectivity index (χ1n) is 8.55. The smallest absolute Gasteiger partial charge is 0.347 e. The lowest BCUT2D eigenvalue weighted by Gasteiger charge is -2.10. The Kier molecular flexibility index (Phi) is 5.32. The molecule has 4 heteroatoms. The molecule has 0 spiro atoms. The van der Waals surface area contributed by atoms with Crippen molar-refractivity contribution >= 4 is 5.78 Å². The highest BCUT2D eigenvalue weighted by Crippen LogP contribution is 2.23. The Morgan fingerprint density at radius 2 is 1.73 bits per heavy atom. The van der Waals surface area contributed by atoms with Gasteiger partial charge in [-0.05, 0) is 42.3 Å². The second kappa shape index (κ2) is 7.83. The van der Waals surface area contributed by atoms with Gasteiger partial charge in [0, 0.05) is 11.1 Å². The monoisotopic (exact) mass is 348 g/mol. The molecule has 0 fully saturated rings. The molecule has 0 N–H and O–H groups in total. The molecule has 1 heterocycles. The lowest BCUT2D eigenvalue weighted by Crippen LogP contribution is -2.18. The van der Waals surface area contributed by atoms with Crippen molar-refractivity contribution in [3.05, 3.63) is 87.8 Å². The number of methoxy groups -OCH3 is 1. The van der Waals surface area contributed by atoms with Gasteiger partial charge < -0.3 is 9.15 Å². The van der Waals surface area contributed by atoms with E-state index in [0.29, 0.717) is 29.1 Å². The van der Waals surface area contributed by atoms with Gasteiger partial charge in [-0.3, -0.25) is 4.79 Å².